The molecule has 1 heterocycles. The van der Waals surface area contributed by atoms with Crippen molar-refractivity contribution < 1.29 is 0 Å². The predicted molar refractivity (Wildman–Crippen MR) is 255 cm³/mol. The quantitative estimate of drug-likeness (QED) is 0.150. The van der Waals surface area contributed by atoms with Crippen molar-refractivity contribution in [3.8, 4) is 50.2 Å². The van der Waals surface area contributed by atoms with E-state index in [1.807, 2.05) is 0 Å². The van der Waals surface area contributed by atoms with E-state index < -0.39 is 0 Å². The van der Waals surface area contributed by atoms with Crippen molar-refractivity contribution in [2.45, 2.75) is 0 Å². The van der Waals surface area contributed by atoms with E-state index >= 15 is 0 Å². The number of para-hydroxylation sites is 3. The van der Waals surface area contributed by atoms with E-state index in [0.717, 1.165) is 33.8 Å². The summed E-state index contributed by atoms with van der Waals surface area (Å²) in [7, 11) is 0. The Hall–Kier alpha value is -7.94. The van der Waals surface area contributed by atoms with Gasteiger partial charge in [-0.25, -0.2) is 0 Å². The standard InChI is InChI=1S/C58H40N2/c1-4-16-41(17-5-1)43-28-30-44(31-29-43)47-34-37-57(54(39-47)48-33-32-42-18-10-11-21-46(42)38-48)59(49-22-8-3-9-23-49)50-35-36-53-52-25-13-15-27-56(52)60(58(53)40-50)55-26-14-12-24-51(55)45-19-6-2-7-20-45/h1-40H. The van der Waals surface area contributed by atoms with Gasteiger partial charge in [-0.3, -0.25) is 0 Å². The topological polar surface area (TPSA) is 8.17 Å². The molecule has 11 aromatic rings. The van der Waals surface area contributed by atoms with Crippen LogP contribution in [0.25, 0.3) is 82.8 Å². The van der Waals surface area contributed by atoms with Gasteiger partial charge in [0.05, 0.1) is 22.4 Å². The third-order valence-corrected chi connectivity index (χ3v) is 11.8. The maximum Gasteiger partial charge on any atom is 0.0562 e. The van der Waals surface area contributed by atoms with Crippen LogP contribution in [-0.2, 0) is 0 Å². The Morgan fingerprint density at radius 1 is 0.283 bits per heavy atom. The average molecular weight is 765 g/mol. The summed E-state index contributed by atoms with van der Waals surface area (Å²) in [6.45, 7) is 0. The number of hydrogen-bond acceptors (Lipinski definition) is 1. The molecule has 0 atom stereocenters. The van der Waals surface area contributed by atoms with Gasteiger partial charge in [-0.1, -0.05) is 188 Å². The number of fused-ring (bicyclic) bond motifs is 4. The minimum absolute atomic E-state index is 1.08. The first kappa shape index (κ1) is 35.2. The molecule has 0 unspecified atom stereocenters. The second-order valence-corrected chi connectivity index (χ2v) is 15.3. The highest BCUT2D eigenvalue weighted by Gasteiger charge is 2.22. The summed E-state index contributed by atoms with van der Waals surface area (Å²) in [5.41, 5.74) is 16.2. The molecule has 10 aromatic carbocycles. The normalized spacial score (nSPS) is 11.3. The molecule has 2 nitrogen and oxygen atoms in total. The van der Waals surface area contributed by atoms with Crippen LogP contribution in [-0.4, -0.2) is 4.57 Å². The highest BCUT2D eigenvalue weighted by molar-refractivity contribution is 6.11. The third kappa shape index (κ3) is 6.32. The Bertz CT molecular complexity index is 3290. The molecule has 60 heavy (non-hydrogen) atoms. The molecular weight excluding hydrogens is 725 g/mol. The summed E-state index contributed by atoms with van der Waals surface area (Å²) < 4.78 is 2.45. The van der Waals surface area contributed by atoms with Crippen molar-refractivity contribution >= 4 is 49.6 Å². The molecule has 0 aliphatic carbocycles. The van der Waals surface area contributed by atoms with E-state index in [-0.39, 0.29) is 0 Å². The monoisotopic (exact) mass is 764 g/mol. The zero-order valence-electron chi connectivity index (χ0n) is 33.0. The first-order valence-corrected chi connectivity index (χ1v) is 20.6. The summed E-state index contributed by atoms with van der Waals surface area (Å²) in [4.78, 5) is 2.43. The Morgan fingerprint density at radius 3 is 1.63 bits per heavy atom. The van der Waals surface area contributed by atoms with Gasteiger partial charge in [-0.15, -0.1) is 0 Å². The van der Waals surface area contributed by atoms with Crippen molar-refractivity contribution in [2.75, 3.05) is 4.90 Å². The van der Waals surface area contributed by atoms with E-state index in [4.69, 9.17) is 0 Å². The molecule has 1 aromatic heterocycles. The van der Waals surface area contributed by atoms with E-state index in [1.165, 1.54) is 66.0 Å². The van der Waals surface area contributed by atoms with Gasteiger partial charge in [0.25, 0.3) is 0 Å². The fourth-order valence-electron chi connectivity index (χ4n) is 8.88. The Kier molecular flexibility index (Phi) is 8.87. The van der Waals surface area contributed by atoms with Crippen LogP contribution >= 0.6 is 0 Å². The number of hydrogen-bond donors (Lipinski definition) is 0. The third-order valence-electron chi connectivity index (χ3n) is 11.8. The molecule has 0 spiro atoms. The minimum Gasteiger partial charge on any atom is -0.310 e. The van der Waals surface area contributed by atoms with Crippen LogP contribution in [0.1, 0.15) is 0 Å². The second kappa shape index (κ2) is 15.1. The SMILES string of the molecule is c1ccc(-c2ccc(-c3ccc(N(c4ccccc4)c4ccc5c6ccccc6n(-c6ccccc6-c6ccccc6)c5c4)c(-c4ccc5ccccc5c4)c3)cc2)cc1. The predicted octanol–water partition coefficient (Wildman–Crippen LogP) is 16.1. The zero-order valence-corrected chi connectivity index (χ0v) is 33.0. The van der Waals surface area contributed by atoms with Crippen LogP contribution in [0.15, 0.2) is 243 Å². The van der Waals surface area contributed by atoms with Crippen molar-refractivity contribution in [1.29, 1.82) is 0 Å². The maximum absolute atomic E-state index is 2.45. The lowest BCUT2D eigenvalue weighted by Gasteiger charge is -2.29. The summed E-state index contributed by atoms with van der Waals surface area (Å²) in [6, 6.07) is 88.0. The zero-order chi connectivity index (χ0) is 39.8. The molecule has 0 aliphatic heterocycles. The molecule has 0 fully saturated rings. The van der Waals surface area contributed by atoms with Gasteiger partial charge < -0.3 is 9.47 Å². The first-order valence-electron chi connectivity index (χ1n) is 20.6. The van der Waals surface area contributed by atoms with Gasteiger partial charge >= 0.3 is 0 Å². The molecule has 0 saturated heterocycles. The number of anilines is 3. The molecule has 0 amide bonds. The number of aromatic nitrogens is 1. The van der Waals surface area contributed by atoms with Gasteiger partial charge in [0.1, 0.15) is 0 Å². The molecule has 2 heteroatoms. The number of nitrogens with zero attached hydrogens (tertiary/aromatic N) is 2. The van der Waals surface area contributed by atoms with Gasteiger partial charge in [-0.05, 0) is 98.8 Å². The molecule has 0 radical (unpaired) electrons. The molecule has 0 saturated carbocycles. The van der Waals surface area contributed by atoms with Crippen LogP contribution in [0.4, 0.5) is 17.1 Å². The number of benzene rings is 10. The van der Waals surface area contributed by atoms with Crippen LogP contribution in [0.5, 0.6) is 0 Å². The summed E-state index contributed by atoms with van der Waals surface area (Å²) in [5, 5.41) is 4.89. The van der Waals surface area contributed by atoms with Crippen LogP contribution in [0.2, 0.25) is 0 Å². The van der Waals surface area contributed by atoms with E-state index in [1.54, 1.807) is 0 Å². The molecule has 0 aliphatic rings. The second-order valence-electron chi connectivity index (χ2n) is 15.3. The molecular formula is C58H40N2. The van der Waals surface area contributed by atoms with E-state index in [9.17, 15) is 0 Å². The summed E-state index contributed by atoms with van der Waals surface area (Å²) in [6.07, 6.45) is 0. The van der Waals surface area contributed by atoms with Crippen LogP contribution < -0.4 is 4.90 Å². The Morgan fingerprint density at radius 2 is 0.850 bits per heavy atom. The largest absolute Gasteiger partial charge is 0.310 e. The number of rotatable bonds is 8. The molecule has 282 valence electrons. The van der Waals surface area contributed by atoms with Gasteiger partial charge in [0.2, 0.25) is 0 Å². The smallest absolute Gasteiger partial charge is 0.0562 e. The van der Waals surface area contributed by atoms with Crippen molar-refractivity contribution in [1.82, 2.24) is 4.57 Å². The highest BCUT2D eigenvalue weighted by atomic mass is 15.1. The molecule has 0 N–H and O–H groups in total. The van der Waals surface area contributed by atoms with Crippen LogP contribution in [0.3, 0.4) is 0 Å². The van der Waals surface area contributed by atoms with Crippen molar-refractivity contribution in [3.63, 3.8) is 0 Å². The van der Waals surface area contributed by atoms with Gasteiger partial charge in [-0.2, -0.15) is 0 Å². The first-order chi connectivity index (χ1) is 29.8. The fraction of sp³-hybridized carbons (Fsp3) is 0. The maximum atomic E-state index is 2.45. The van der Waals surface area contributed by atoms with Crippen LogP contribution in [0, 0.1) is 0 Å². The lowest BCUT2D eigenvalue weighted by atomic mass is 9.94. The fourth-order valence-corrected chi connectivity index (χ4v) is 8.88. The Labute approximate surface area is 350 Å². The van der Waals surface area contributed by atoms with Crippen molar-refractivity contribution in [2.24, 2.45) is 0 Å². The summed E-state index contributed by atoms with van der Waals surface area (Å²) in [5.74, 6) is 0. The van der Waals surface area contributed by atoms with E-state index in [2.05, 4.69) is 252 Å². The van der Waals surface area contributed by atoms with Crippen molar-refractivity contribution in [3.05, 3.63) is 243 Å². The summed E-state index contributed by atoms with van der Waals surface area (Å²) >= 11 is 0. The highest BCUT2D eigenvalue weighted by Crippen LogP contribution is 2.45. The Balaban J connectivity index is 1.13. The lowest BCUT2D eigenvalue weighted by molar-refractivity contribution is 1.18. The minimum atomic E-state index is 1.08. The van der Waals surface area contributed by atoms with Gasteiger partial charge in [0.15, 0.2) is 0 Å². The van der Waals surface area contributed by atoms with Gasteiger partial charge in [0, 0.05) is 33.3 Å². The lowest BCUT2D eigenvalue weighted by Crippen LogP contribution is -2.11. The average Bonchev–Trinajstić information content (AvgIpc) is 3.66. The molecule has 0 bridgehead atoms. The van der Waals surface area contributed by atoms with E-state index in [0.29, 0.717) is 0 Å². The molecule has 11 rings (SSSR count).